The summed E-state index contributed by atoms with van der Waals surface area (Å²) in [6.45, 7) is 3.41. The number of hydrogen-bond acceptors (Lipinski definition) is 6. The molecule has 2 aromatic rings. The van der Waals surface area contributed by atoms with Gasteiger partial charge in [0.25, 0.3) is 11.8 Å². The Morgan fingerprint density at radius 3 is 2.09 bits per heavy atom. The van der Waals surface area contributed by atoms with Crippen LogP contribution in [0, 0.1) is 5.92 Å². The third-order valence-corrected chi connectivity index (χ3v) is 7.72. The van der Waals surface area contributed by atoms with Crippen LogP contribution in [0.3, 0.4) is 0 Å². The lowest BCUT2D eigenvalue weighted by Crippen LogP contribution is -2.54. The van der Waals surface area contributed by atoms with Crippen LogP contribution in [0.4, 0.5) is 23.7 Å². The second-order valence-electron chi connectivity index (χ2n) is 10.8. The maximum Gasteiger partial charge on any atom is 0.416 e. The molecule has 0 radical (unpaired) electrons. The Morgan fingerprint density at radius 2 is 1.52 bits per heavy atom. The van der Waals surface area contributed by atoms with Gasteiger partial charge in [-0.25, -0.2) is 18.4 Å². The Hall–Kier alpha value is -4.18. The summed E-state index contributed by atoms with van der Waals surface area (Å²) in [5.74, 6) is -2.04. The lowest BCUT2D eigenvalue weighted by atomic mass is 9.90. The molecule has 16 heteroatoms. The maximum absolute atomic E-state index is 13.4. The van der Waals surface area contributed by atoms with Crippen molar-refractivity contribution < 1.29 is 40.8 Å². The number of carbonyl (C=O) groups is 4. The zero-order valence-electron chi connectivity index (χ0n) is 24.1. The summed E-state index contributed by atoms with van der Waals surface area (Å²) in [6, 6.07) is 5.63. The summed E-state index contributed by atoms with van der Waals surface area (Å²) in [5, 5.41) is 17.9. The van der Waals surface area contributed by atoms with Gasteiger partial charge in [0, 0.05) is 24.2 Å². The number of nitrogens with two attached hydrogens (primary N) is 1. The smallest absolute Gasteiger partial charge is 0.350 e. The first-order chi connectivity index (χ1) is 20.5. The summed E-state index contributed by atoms with van der Waals surface area (Å²) in [5.41, 5.74) is -1.59. The number of halogens is 3. The quantitative estimate of drug-likeness (QED) is 0.232. The SMILES string of the molecule is CC(C)CNC(=O)Nc1ccc(C(F)(F)F)cc1C(=O)NCC(=O)N[C@@H]1CCCC[C@@H]1NC(=O)c1ccc(S(N)(=O)=O)cc1. The van der Waals surface area contributed by atoms with Crippen LogP contribution in [0.1, 0.15) is 65.8 Å². The molecule has 0 aliphatic heterocycles. The summed E-state index contributed by atoms with van der Waals surface area (Å²) < 4.78 is 63.0. The van der Waals surface area contributed by atoms with E-state index in [-0.39, 0.29) is 22.1 Å². The number of primary sulfonamides is 1. The van der Waals surface area contributed by atoms with Crippen molar-refractivity contribution in [2.75, 3.05) is 18.4 Å². The summed E-state index contributed by atoms with van der Waals surface area (Å²) >= 11 is 0. The van der Waals surface area contributed by atoms with Crippen molar-refractivity contribution in [2.24, 2.45) is 11.1 Å². The molecular formula is C28H35F3N6O6S. The van der Waals surface area contributed by atoms with Crippen LogP contribution in [0.15, 0.2) is 47.4 Å². The Morgan fingerprint density at radius 1 is 0.909 bits per heavy atom. The van der Waals surface area contributed by atoms with Gasteiger partial charge >= 0.3 is 12.2 Å². The zero-order valence-corrected chi connectivity index (χ0v) is 24.9. The standard InChI is InChI=1S/C28H35F3N6O6S/c1-16(2)14-34-27(41)37-21-12-9-18(28(29,30)31)13-20(21)26(40)33-15-24(38)35-22-5-3-4-6-23(22)36-25(39)17-7-10-19(11-8-17)44(32,42)43/h7-13,16,22-23H,3-6,14-15H2,1-2H3,(H,33,40)(H,35,38)(H,36,39)(H2,32,42,43)(H2,34,37,41)/t22-,23+/m1/s1. The van der Waals surface area contributed by atoms with Gasteiger partial charge in [0.15, 0.2) is 0 Å². The van der Waals surface area contributed by atoms with Gasteiger partial charge in [0.1, 0.15) is 0 Å². The molecule has 2 atom stereocenters. The number of sulfonamides is 1. The van der Waals surface area contributed by atoms with E-state index in [1.807, 2.05) is 13.8 Å². The highest BCUT2D eigenvalue weighted by atomic mass is 32.2. The predicted molar refractivity (Wildman–Crippen MR) is 155 cm³/mol. The number of nitrogens with one attached hydrogen (secondary N) is 5. The van der Waals surface area contributed by atoms with E-state index in [0.29, 0.717) is 25.5 Å². The lowest BCUT2D eigenvalue weighted by molar-refractivity contribution is -0.137. The van der Waals surface area contributed by atoms with Gasteiger partial charge in [-0.2, -0.15) is 13.2 Å². The molecule has 1 fully saturated rings. The second kappa shape index (κ2) is 14.5. The van der Waals surface area contributed by atoms with Gasteiger partial charge in [-0.05, 0) is 61.2 Å². The highest BCUT2D eigenvalue weighted by Gasteiger charge is 2.32. The molecule has 1 saturated carbocycles. The number of alkyl halides is 3. The van der Waals surface area contributed by atoms with Crippen molar-refractivity contribution >= 4 is 39.5 Å². The summed E-state index contributed by atoms with van der Waals surface area (Å²) in [7, 11) is -3.93. The van der Waals surface area contributed by atoms with E-state index in [2.05, 4.69) is 26.6 Å². The van der Waals surface area contributed by atoms with E-state index >= 15 is 0 Å². The fraction of sp³-hybridized carbons (Fsp3) is 0.429. The molecule has 0 saturated heterocycles. The highest BCUT2D eigenvalue weighted by molar-refractivity contribution is 7.89. The number of amides is 5. The van der Waals surface area contributed by atoms with Gasteiger partial charge in [0.2, 0.25) is 15.9 Å². The molecule has 1 aliphatic carbocycles. The Balaban J connectivity index is 1.64. The fourth-order valence-electron chi connectivity index (χ4n) is 4.52. The van der Waals surface area contributed by atoms with E-state index in [0.717, 1.165) is 25.0 Å². The van der Waals surface area contributed by atoms with Gasteiger partial charge in [-0.15, -0.1) is 0 Å². The Labute approximate surface area is 252 Å². The normalized spacial score (nSPS) is 17.0. The molecule has 0 heterocycles. The molecule has 44 heavy (non-hydrogen) atoms. The second-order valence-corrected chi connectivity index (χ2v) is 12.3. The molecule has 1 aliphatic rings. The van der Waals surface area contributed by atoms with E-state index in [1.165, 1.54) is 24.3 Å². The van der Waals surface area contributed by atoms with Gasteiger partial charge in [0.05, 0.1) is 28.3 Å². The Bertz CT molecular complexity index is 1480. The number of carbonyl (C=O) groups excluding carboxylic acids is 4. The van der Waals surface area contributed by atoms with Crippen LogP contribution in [-0.4, -0.2) is 57.3 Å². The molecule has 2 aromatic carbocycles. The van der Waals surface area contributed by atoms with Crippen LogP contribution < -0.4 is 31.7 Å². The lowest BCUT2D eigenvalue weighted by Gasteiger charge is -2.33. The maximum atomic E-state index is 13.4. The van der Waals surface area contributed by atoms with Crippen LogP contribution in [0.2, 0.25) is 0 Å². The van der Waals surface area contributed by atoms with Crippen LogP contribution in [-0.2, 0) is 21.0 Å². The monoisotopic (exact) mass is 640 g/mol. The first-order valence-corrected chi connectivity index (χ1v) is 15.4. The van der Waals surface area contributed by atoms with Crippen molar-refractivity contribution in [1.29, 1.82) is 0 Å². The molecule has 0 bridgehead atoms. The average Bonchev–Trinajstić information content (AvgIpc) is 2.95. The summed E-state index contributed by atoms with van der Waals surface area (Å²) in [4.78, 5) is 50.5. The number of anilines is 1. The number of rotatable bonds is 10. The number of hydrogen-bond donors (Lipinski definition) is 6. The van der Waals surface area contributed by atoms with Crippen molar-refractivity contribution in [2.45, 2.75) is 62.7 Å². The van der Waals surface area contributed by atoms with Crippen molar-refractivity contribution in [1.82, 2.24) is 21.3 Å². The molecule has 0 spiro atoms. The predicted octanol–water partition coefficient (Wildman–Crippen LogP) is 2.72. The van der Waals surface area contributed by atoms with E-state index in [4.69, 9.17) is 5.14 Å². The molecule has 240 valence electrons. The van der Waals surface area contributed by atoms with Gasteiger partial charge in [-0.1, -0.05) is 26.7 Å². The minimum atomic E-state index is -4.75. The van der Waals surface area contributed by atoms with Crippen LogP contribution in [0.25, 0.3) is 0 Å². The first-order valence-electron chi connectivity index (χ1n) is 13.8. The average molecular weight is 641 g/mol. The molecule has 0 aromatic heterocycles. The van der Waals surface area contributed by atoms with Crippen molar-refractivity contribution in [3.8, 4) is 0 Å². The molecular weight excluding hydrogens is 605 g/mol. The highest BCUT2D eigenvalue weighted by Crippen LogP contribution is 2.32. The van der Waals surface area contributed by atoms with E-state index < -0.39 is 69.7 Å². The van der Waals surface area contributed by atoms with Gasteiger partial charge in [-0.3, -0.25) is 14.4 Å². The number of urea groups is 1. The topological polar surface area (TPSA) is 189 Å². The van der Waals surface area contributed by atoms with Crippen molar-refractivity contribution in [3.63, 3.8) is 0 Å². The third-order valence-electron chi connectivity index (χ3n) is 6.79. The van der Waals surface area contributed by atoms with Crippen LogP contribution >= 0.6 is 0 Å². The number of benzene rings is 2. The molecule has 7 N–H and O–H groups in total. The molecule has 5 amide bonds. The molecule has 12 nitrogen and oxygen atoms in total. The van der Waals surface area contributed by atoms with E-state index in [9.17, 15) is 40.8 Å². The zero-order chi connectivity index (χ0) is 32.7. The fourth-order valence-corrected chi connectivity index (χ4v) is 5.03. The largest absolute Gasteiger partial charge is 0.416 e. The molecule has 0 unspecified atom stereocenters. The minimum absolute atomic E-state index is 0.107. The Kier molecular flexibility index (Phi) is 11.3. The van der Waals surface area contributed by atoms with Crippen LogP contribution in [0.5, 0.6) is 0 Å². The molecule has 3 rings (SSSR count). The van der Waals surface area contributed by atoms with Crippen molar-refractivity contribution in [3.05, 3.63) is 59.2 Å². The minimum Gasteiger partial charge on any atom is -0.350 e. The summed E-state index contributed by atoms with van der Waals surface area (Å²) in [6.07, 6.45) is -2.17. The van der Waals surface area contributed by atoms with E-state index in [1.54, 1.807) is 0 Å². The van der Waals surface area contributed by atoms with Gasteiger partial charge < -0.3 is 26.6 Å². The third kappa shape index (κ3) is 9.94. The first kappa shape index (κ1) is 34.3.